The van der Waals surface area contributed by atoms with Crippen LogP contribution in [0.15, 0.2) is 58.7 Å². The van der Waals surface area contributed by atoms with Crippen LogP contribution in [0.1, 0.15) is 30.1 Å². The summed E-state index contributed by atoms with van der Waals surface area (Å²) < 4.78 is 17.8. The SMILES string of the molecule is N#Cc1nn(C2CCCNC2)cc1-c1cc(Sc2ccccc2F)c2c(C#N)cnn2c1. The zero-order chi connectivity index (χ0) is 22.1. The first-order valence-corrected chi connectivity index (χ1v) is 11.0. The Morgan fingerprint density at radius 1 is 1.16 bits per heavy atom. The van der Waals surface area contributed by atoms with E-state index in [1.165, 1.54) is 24.0 Å². The van der Waals surface area contributed by atoms with Crippen molar-refractivity contribution in [3.63, 3.8) is 0 Å². The molecule has 0 bridgehead atoms. The third-order valence-corrected chi connectivity index (χ3v) is 6.63. The lowest BCUT2D eigenvalue weighted by Gasteiger charge is -2.22. The van der Waals surface area contributed by atoms with Gasteiger partial charge < -0.3 is 5.32 Å². The Balaban J connectivity index is 1.64. The predicted molar refractivity (Wildman–Crippen MR) is 118 cm³/mol. The van der Waals surface area contributed by atoms with E-state index in [-0.39, 0.29) is 11.9 Å². The summed E-state index contributed by atoms with van der Waals surface area (Å²) in [4.78, 5) is 1.12. The number of halogens is 1. The molecule has 0 saturated carbocycles. The third-order valence-electron chi connectivity index (χ3n) is 5.55. The Bertz CT molecular complexity index is 1390. The molecule has 1 aromatic carbocycles. The number of benzene rings is 1. The molecule has 0 aliphatic carbocycles. The molecule has 1 aliphatic heterocycles. The molecule has 0 radical (unpaired) electrons. The molecule has 1 N–H and O–H groups in total. The van der Waals surface area contributed by atoms with E-state index in [0.717, 1.165) is 31.5 Å². The Labute approximate surface area is 188 Å². The van der Waals surface area contributed by atoms with Gasteiger partial charge in [0.05, 0.1) is 23.3 Å². The number of aromatic nitrogens is 4. The maximum Gasteiger partial charge on any atom is 0.170 e. The fraction of sp³-hybridized carbons (Fsp3) is 0.217. The first-order chi connectivity index (χ1) is 15.7. The van der Waals surface area contributed by atoms with Crippen molar-refractivity contribution in [1.29, 1.82) is 10.5 Å². The Kier molecular flexibility index (Phi) is 5.36. The van der Waals surface area contributed by atoms with Gasteiger partial charge in [0.25, 0.3) is 0 Å². The predicted octanol–water partition coefficient (Wildman–Crippen LogP) is 4.16. The van der Waals surface area contributed by atoms with E-state index < -0.39 is 0 Å². The summed E-state index contributed by atoms with van der Waals surface area (Å²) in [5, 5.41) is 31.5. The number of nitrogens with zero attached hydrogens (tertiary/aromatic N) is 6. The average molecular weight is 444 g/mol. The van der Waals surface area contributed by atoms with Gasteiger partial charge in [-0.1, -0.05) is 23.9 Å². The summed E-state index contributed by atoms with van der Waals surface area (Å²) in [6, 6.07) is 12.9. The van der Waals surface area contributed by atoms with E-state index in [1.54, 1.807) is 28.9 Å². The number of fused-ring (bicyclic) bond motifs is 1. The third kappa shape index (κ3) is 3.62. The van der Waals surface area contributed by atoms with Crippen LogP contribution in [0.5, 0.6) is 0 Å². The summed E-state index contributed by atoms with van der Waals surface area (Å²) in [5.41, 5.74) is 2.75. The molecule has 4 heterocycles. The Hall–Kier alpha value is -3.66. The molecule has 32 heavy (non-hydrogen) atoms. The van der Waals surface area contributed by atoms with Crippen LogP contribution in [0.2, 0.25) is 0 Å². The Morgan fingerprint density at radius 3 is 2.78 bits per heavy atom. The van der Waals surface area contributed by atoms with Crippen molar-refractivity contribution in [3.8, 4) is 23.3 Å². The van der Waals surface area contributed by atoms with Crippen molar-refractivity contribution in [1.82, 2.24) is 24.7 Å². The second-order valence-corrected chi connectivity index (χ2v) is 8.66. The first-order valence-electron chi connectivity index (χ1n) is 10.2. The van der Waals surface area contributed by atoms with Crippen molar-refractivity contribution in [2.24, 2.45) is 0 Å². The molecular formula is C23H18FN7S. The molecule has 3 aromatic heterocycles. The highest BCUT2D eigenvalue weighted by Crippen LogP contribution is 2.37. The van der Waals surface area contributed by atoms with E-state index in [4.69, 9.17) is 0 Å². The highest BCUT2D eigenvalue weighted by molar-refractivity contribution is 7.99. The lowest BCUT2D eigenvalue weighted by atomic mass is 10.1. The van der Waals surface area contributed by atoms with Gasteiger partial charge in [-0.2, -0.15) is 20.7 Å². The molecule has 1 aliphatic rings. The number of nitrogens with one attached hydrogen (secondary N) is 1. The zero-order valence-electron chi connectivity index (χ0n) is 17.0. The van der Waals surface area contributed by atoms with Gasteiger partial charge >= 0.3 is 0 Å². The standard InChI is InChI=1S/C23H18FN7S/c24-19-5-1-2-6-21(19)32-22-8-15(13-31-23(22)16(9-25)11-28-31)18-14-30(29-20(18)10-26)17-4-3-7-27-12-17/h1-2,5-6,8,11,13-14,17,27H,3-4,7,12H2. The molecule has 9 heteroatoms. The van der Waals surface area contributed by atoms with Crippen LogP contribution in [0.4, 0.5) is 4.39 Å². The zero-order valence-corrected chi connectivity index (χ0v) is 17.8. The smallest absolute Gasteiger partial charge is 0.170 e. The number of rotatable bonds is 4. The monoisotopic (exact) mass is 443 g/mol. The summed E-state index contributed by atoms with van der Waals surface area (Å²) in [6.45, 7) is 1.80. The van der Waals surface area contributed by atoms with E-state index in [0.29, 0.717) is 32.1 Å². The van der Waals surface area contributed by atoms with Gasteiger partial charge in [0.15, 0.2) is 5.69 Å². The lowest BCUT2D eigenvalue weighted by Crippen LogP contribution is -2.31. The number of hydrogen-bond donors (Lipinski definition) is 1. The first kappa shape index (κ1) is 20.3. The number of nitriles is 2. The van der Waals surface area contributed by atoms with Crippen LogP contribution in [0.25, 0.3) is 16.6 Å². The molecular weight excluding hydrogens is 425 g/mol. The van der Waals surface area contributed by atoms with Gasteiger partial charge in [-0.3, -0.25) is 4.68 Å². The topological polar surface area (TPSA) is 94.7 Å². The molecule has 1 saturated heterocycles. The van der Waals surface area contributed by atoms with Crippen molar-refractivity contribution in [2.45, 2.75) is 28.7 Å². The van der Waals surface area contributed by atoms with Crippen LogP contribution in [-0.4, -0.2) is 32.5 Å². The van der Waals surface area contributed by atoms with E-state index in [1.807, 2.05) is 16.9 Å². The number of piperidine rings is 1. The maximum absolute atomic E-state index is 14.4. The van der Waals surface area contributed by atoms with E-state index in [2.05, 4.69) is 27.7 Å². The maximum atomic E-state index is 14.4. The van der Waals surface area contributed by atoms with Gasteiger partial charge in [-0.05, 0) is 37.6 Å². The normalized spacial score (nSPS) is 16.0. The summed E-state index contributed by atoms with van der Waals surface area (Å²) >= 11 is 1.23. The van der Waals surface area contributed by atoms with Gasteiger partial charge in [-0.25, -0.2) is 8.91 Å². The van der Waals surface area contributed by atoms with Crippen molar-refractivity contribution >= 4 is 17.3 Å². The van der Waals surface area contributed by atoms with Crippen molar-refractivity contribution < 1.29 is 4.39 Å². The molecule has 5 rings (SSSR count). The minimum Gasteiger partial charge on any atom is -0.315 e. The summed E-state index contributed by atoms with van der Waals surface area (Å²) in [5.74, 6) is -0.339. The van der Waals surface area contributed by atoms with Crippen molar-refractivity contribution in [3.05, 3.63) is 66.0 Å². The van der Waals surface area contributed by atoms with Gasteiger partial charge in [0, 0.05) is 39.9 Å². The van der Waals surface area contributed by atoms with Crippen LogP contribution < -0.4 is 5.32 Å². The highest BCUT2D eigenvalue weighted by Gasteiger charge is 2.21. The van der Waals surface area contributed by atoms with Crippen molar-refractivity contribution in [2.75, 3.05) is 13.1 Å². The molecule has 7 nitrogen and oxygen atoms in total. The second kappa shape index (κ2) is 8.46. The largest absolute Gasteiger partial charge is 0.315 e. The van der Waals surface area contributed by atoms with Crippen LogP contribution in [-0.2, 0) is 0 Å². The molecule has 0 spiro atoms. The molecule has 1 fully saturated rings. The second-order valence-electron chi connectivity index (χ2n) is 7.57. The quantitative estimate of drug-likeness (QED) is 0.509. The lowest BCUT2D eigenvalue weighted by molar-refractivity contribution is 0.346. The Morgan fingerprint density at radius 2 is 2.03 bits per heavy atom. The van der Waals surface area contributed by atoms with Gasteiger partial charge in [0.1, 0.15) is 18.0 Å². The van der Waals surface area contributed by atoms with Crippen LogP contribution >= 0.6 is 11.8 Å². The van der Waals surface area contributed by atoms with E-state index >= 15 is 0 Å². The molecule has 0 amide bonds. The average Bonchev–Trinajstić information content (AvgIpc) is 3.45. The minimum atomic E-state index is -0.339. The van der Waals surface area contributed by atoms with Gasteiger partial charge in [-0.15, -0.1) is 0 Å². The van der Waals surface area contributed by atoms with Gasteiger partial charge in [0.2, 0.25) is 0 Å². The molecule has 4 aromatic rings. The van der Waals surface area contributed by atoms with Crippen LogP contribution in [0.3, 0.4) is 0 Å². The highest BCUT2D eigenvalue weighted by atomic mass is 32.2. The fourth-order valence-electron chi connectivity index (χ4n) is 3.97. The summed E-state index contributed by atoms with van der Waals surface area (Å²) in [6.07, 6.45) is 7.22. The van der Waals surface area contributed by atoms with E-state index in [9.17, 15) is 14.9 Å². The number of pyridine rings is 1. The molecule has 158 valence electrons. The van der Waals surface area contributed by atoms with Crippen LogP contribution in [0, 0.1) is 28.5 Å². The molecule has 1 atom stereocenters. The molecule has 1 unspecified atom stereocenters. The minimum absolute atomic E-state index is 0.190. The number of hydrogen-bond acceptors (Lipinski definition) is 6. The summed E-state index contributed by atoms with van der Waals surface area (Å²) in [7, 11) is 0. The fourth-order valence-corrected chi connectivity index (χ4v) is 5.00.